The van der Waals surface area contributed by atoms with Crippen molar-refractivity contribution in [2.24, 2.45) is 0 Å². The van der Waals surface area contributed by atoms with Crippen molar-refractivity contribution in [1.82, 2.24) is 0 Å². The Balaban J connectivity index is 1.87. The maximum absolute atomic E-state index is 14.0. The molecule has 33 heavy (non-hydrogen) atoms. The lowest BCUT2D eigenvalue weighted by Gasteiger charge is -2.24. The van der Waals surface area contributed by atoms with Crippen molar-refractivity contribution >= 4 is 11.0 Å². The standard InChI is InChI=1S/C23H22F3NO6/c1-2-31-17-5-3-4-6-18(17)32-21-19(29)14-7-8-16(28)15(13-27-9-11-30-12-10-27)20(14)33-22(21)23(24,25)26/h3-8,28H,2,9-13H2,1H3/p+1. The van der Waals surface area contributed by atoms with Gasteiger partial charge < -0.3 is 28.6 Å². The smallest absolute Gasteiger partial charge is 0.453 e. The van der Waals surface area contributed by atoms with Crippen LogP contribution in [0.15, 0.2) is 45.6 Å². The highest BCUT2D eigenvalue weighted by atomic mass is 19.4. The lowest BCUT2D eigenvalue weighted by molar-refractivity contribution is -0.921. The Labute approximate surface area is 186 Å². The Morgan fingerprint density at radius 1 is 1.09 bits per heavy atom. The van der Waals surface area contributed by atoms with E-state index in [0.717, 1.165) is 4.90 Å². The first kappa shape index (κ1) is 22.9. The van der Waals surface area contributed by atoms with Gasteiger partial charge in [0.05, 0.1) is 30.8 Å². The van der Waals surface area contributed by atoms with Crippen molar-refractivity contribution in [2.75, 3.05) is 32.9 Å². The fraction of sp³-hybridized carbons (Fsp3) is 0.348. The minimum absolute atomic E-state index is 0.0479. The molecule has 0 atom stereocenters. The van der Waals surface area contributed by atoms with Crippen LogP contribution in [0.4, 0.5) is 13.2 Å². The Morgan fingerprint density at radius 2 is 1.79 bits per heavy atom. The molecule has 3 aromatic rings. The largest absolute Gasteiger partial charge is 0.507 e. The van der Waals surface area contributed by atoms with Crippen molar-refractivity contribution < 1.29 is 41.8 Å². The number of aromatic hydroxyl groups is 1. The van der Waals surface area contributed by atoms with Crippen molar-refractivity contribution in [3.05, 3.63) is 57.9 Å². The van der Waals surface area contributed by atoms with Crippen LogP contribution in [0.2, 0.25) is 0 Å². The number of rotatable bonds is 6. The first-order valence-electron chi connectivity index (χ1n) is 10.5. The molecule has 0 aliphatic carbocycles. The summed E-state index contributed by atoms with van der Waals surface area (Å²) in [6.07, 6.45) is -5.02. The van der Waals surface area contributed by atoms with E-state index in [9.17, 15) is 23.1 Å². The summed E-state index contributed by atoms with van der Waals surface area (Å²) in [4.78, 5) is 14.2. The quantitative estimate of drug-likeness (QED) is 0.581. The molecule has 0 spiro atoms. The molecule has 176 valence electrons. The molecule has 0 unspecified atom stereocenters. The molecule has 0 bridgehead atoms. The molecule has 2 N–H and O–H groups in total. The molecule has 0 amide bonds. The molecule has 1 aliphatic heterocycles. The number of quaternary nitrogens is 1. The number of morpholine rings is 1. The number of ether oxygens (including phenoxy) is 3. The number of fused-ring (bicyclic) bond motifs is 1. The molecule has 1 saturated heterocycles. The Bertz CT molecular complexity index is 1200. The van der Waals surface area contributed by atoms with Crippen LogP contribution in [0.3, 0.4) is 0 Å². The predicted octanol–water partition coefficient (Wildman–Crippen LogP) is 3.12. The van der Waals surface area contributed by atoms with E-state index in [1.807, 2.05) is 0 Å². The van der Waals surface area contributed by atoms with Gasteiger partial charge in [-0.3, -0.25) is 4.79 Å². The fourth-order valence-corrected chi connectivity index (χ4v) is 3.74. The molecule has 7 nitrogen and oxygen atoms in total. The number of para-hydroxylation sites is 2. The highest BCUT2D eigenvalue weighted by Gasteiger charge is 2.41. The molecule has 2 heterocycles. The molecule has 2 aromatic carbocycles. The molecule has 1 aliphatic rings. The third-order valence-electron chi connectivity index (χ3n) is 5.34. The second kappa shape index (κ2) is 9.32. The highest BCUT2D eigenvalue weighted by Crippen LogP contribution is 2.41. The molecule has 0 radical (unpaired) electrons. The topological polar surface area (TPSA) is 82.6 Å². The van der Waals surface area contributed by atoms with Gasteiger partial charge in [0.25, 0.3) is 5.76 Å². The van der Waals surface area contributed by atoms with Gasteiger partial charge in [-0.05, 0) is 31.2 Å². The van der Waals surface area contributed by atoms with E-state index in [1.54, 1.807) is 19.1 Å². The molecular formula is C23H23F3NO6+. The summed E-state index contributed by atoms with van der Waals surface area (Å²) in [5, 5.41) is 10.3. The van der Waals surface area contributed by atoms with E-state index >= 15 is 0 Å². The number of phenols is 1. The third-order valence-corrected chi connectivity index (χ3v) is 5.34. The van der Waals surface area contributed by atoms with E-state index in [-0.39, 0.29) is 46.9 Å². The van der Waals surface area contributed by atoms with Gasteiger partial charge in [-0.1, -0.05) is 12.1 Å². The predicted molar refractivity (Wildman–Crippen MR) is 112 cm³/mol. The first-order chi connectivity index (χ1) is 15.8. The molecule has 10 heteroatoms. The van der Waals surface area contributed by atoms with Crippen LogP contribution < -0.4 is 19.8 Å². The van der Waals surface area contributed by atoms with Crippen LogP contribution in [0.1, 0.15) is 18.2 Å². The average Bonchev–Trinajstić information content (AvgIpc) is 2.78. The van der Waals surface area contributed by atoms with Gasteiger partial charge in [0.15, 0.2) is 17.1 Å². The van der Waals surface area contributed by atoms with Gasteiger partial charge in [-0.2, -0.15) is 13.2 Å². The van der Waals surface area contributed by atoms with Crippen molar-refractivity contribution in [3.63, 3.8) is 0 Å². The molecular weight excluding hydrogens is 443 g/mol. The zero-order chi connectivity index (χ0) is 23.6. The van der Waals surface area contributed by atoms with Crippen LogP contribution in [-0.2, 0) is 17.5 Å². The maximum atomic E-state index is 14.0. The number of halogens is 3. The van der Waals surface area contributed by atoms with Gasteiger partial charge in [-0.25, -0.2) is 0 Å². The zero-order valence-corrected chi connectivity index (χ0v) is 17.8. The molecule has 1 aromatic heterocycles. The van der Waals surface area contributed by atoms with Gasteiger partial charge in [0.1, 0.15) is 25.4 Å². The fourth-order valence-electron chi connectivity index (χ4n) is 3.74. The minimum atomic E-state index is -5.02. The summed E-state index contributed by atoms with van der Waals surface area (Å²) in [6.45, 7) is 4.37. The number of alkyl halides is 3. The monoisotopic (exact) mass is 466 g/mol. The third kappa shape index (κ3) is 4.76. The SMILES string of the molecule is CCOc1ccccc1Oc1c(C(F)(F)F)oc2c(C[NH+]3CCOCC3)c(O)ccc2c1=O. The Kier molecular flexibility index (Phi) is 6.48. The number of benzene rings is 2. The number of phenolic OH excluding ortho intramolecular Hbond substituents is 1. The van der Waals surface area contributed by atoms with E-state index in [0.29, 0.717) is 26.3 Å². The summed E-state index contributed by atoms with van der Waals surface area (Å²) in [7, 11) is 0. The summed E-state index contributed by atoms with van der Waals surface area (Å²) in [5.41, 5.74) is -1.17. The van der Waals surface area contributed by atoms with Crippen molar-refractivity contribution in [3.8, 4) is 23.0 Å². The maximum Gasteiger partial charge on any atom is 0.453 e. The lowest BCUT2D eigenvalue weighted by Crippen LogP contribution is -3.12. The highest BCUT2D eigenvalue weighted by molar-refractivity contribution is 5.83. The minimum Gasteiger partial charge on any atom is -0.507 e. The van der Waals surface area contributed by atoms with Crippen LogP contribution in [0.25, 0.3) is 11.0 Å². The van der Waals surface area contributed by atoms with Crippen LogP contribution in [-0.4, -0.2) is 38.0 Å². The van der Waals surface area contributed by atoms with E-state index in [1.165, 1.54) is 24.3 Å². The summed E-state index contributed by atoms with van der Waals surface area (Å²) < 4.78 is 63.3. The van der Waals surface area contributed by atoms with E-state index < -0.39 is 23.1 Å². The molecule has 1 fully saturated rings. The second-order valence-electron chi connectivity index (χ2n) is 7.55. The number of nitrogens with one attached hydrogen (secondary N) is 1. The average molecular weight is 466 g/mol. The van der Waals surface area contributed by atoms with Gasteiger partial charge >= 0.3 is 6.18 Å². The zero-order valence-electron chi connectivity index (χ0n) is 17.8. The first-order valence-corrected chi connectivity index (χ1v) is 10.5. The van der Waals surface area contributed by atoms with Crippen LogP contribution in [0.5, 0.6) is 23.0 Å². The van der Waals surface area contributed by atoms with Crippen LogP contribution >= 0.6 is 0 Å². The molecule has 0 saturated carbocycles. The number of hydrogen-bond acceptors (Lipinski definition) is 6. The van der Waals surface area contributed by atoms with Gasteiger partial charge in [0.2, 0.25) is 11.2 Å². The summed E-state index contributed by atoms with van der Waals surface area (Å²) in [5.74, 6) is -2.66. The lowest BCUT2D eigenvalue weighted by atomic mass is 10.1. The molecule has 4 rings (SSSR count). The second-order valence-corrected chi connectivity index (χ2v) is 7.55. The van der Waals surface area contributed by atoms with E-state index in [2.05, 4.69) is 0 Å². The van der Waals surface area contributed by atoms with Crippen molar-refractivity contribution in [2.45, 2.75) is 19.6 Å². The summed E-state index contributed by atoms with van der Waals surface area (Å²) >= 11 is 0. The van der Waals surface area contributed by atoms with Gasteiger partial charge in [-0.15, -0.1) is 0 Å². The van der Waals surface area contributed by atoms with Crippen molar-refractivity contribution in [1.29, 1.82) is 0 Å². The van der Waals surface area contributed by atoms with Gasteiger partial charge in [0, 0.05) is 0 Å². The normalized spacial score (nSPS) is 15.0. The number of hydrogen-bond donors (Lipinski definition) is 2. The Morgan fingerprint density at radius 3 is 2.45 bits per heavy atom. The van der Waals surface area contributed by atoms with Crippen LogP contribution in [0, 0.1) is 0 Å². The Hall–Kier alpha value is -3.24. The summed E-state index contributed by atoms with van der Waals surface area (Å²) in [6, 6.07) is 8.62. The van der Waals surface area contributed by atoms with E-state index in [4.69, 9.17) is 18.6 Å².